The van der Waals surface area contributed by atoms with Crippen LogP contribution in [0.15, 0.2) is 72.8 Å². The van der Waals surface area contributed by atoms with Gasteiger partial charge < -0.3 is 5.32 Å². The molecule has 3 aromatic carbocycles. The lowest BCUT2D eigenvalue weighted by molar-refractivity contribution is -0.129. The third-order valence-corrected chi connectivity index (χ3v) is 6.81. The van der Waals surface area contributed by atoms with Crippen molar-refractivity contribution in [2.45, 2.75) is 24.7 Å². The Bertz CT molecular complexity index is 1130. The number of nitrogens with zero attached hydrogens (tertiary/aromatic N) is 1. The number of fused-ring (bicyclic) bond motifs is 1. The average molecular weight is 413 g/mol. The van der Waals surface area contributed by atoms with E-state index in [1.165, 1.54) is 11.1 Å². The van der Waals surface area contributed by atoms with Gasteiger partial charge in [-0.05, 0) is 52.8 Å². The van der Waals surface area contributed by atoms with Gasteiger partial charge in [0.05, 0.1) is 6.07 Å². The van der Waals surface area contributed by atoms with Crippen LogP contribution in [0.4, 0.5) is 0 Å². The highest BCUT2D eigenvalue weighted by Crippen LogP contribution is 2.60. The Balaban J connectivity index is 1.47. The van der Waals surface area contributed by atoms with Gasteiger partial charge in [0.25, 0.3) is 0 Å². The molecule has 0 radical (unpaired) electrons. The van der Waals surface area contributed by atoms with Gasteiger partial charge in [-0.2, -0.15) is 5.26 Å². The van der Waals surface area contributed by atoms with Gasteiger partial charge in [0, 0.05) is 23.4 Å². The molecule has 0 saturated carbocycles. The Hall–Kier alpha value is -3.09. The number of carbonyl (C=O) groups excluding carboxylic acids is 1. The Morgan fingerprint density at radius 1 is 1.00 bits per heavy atom. The van der Waals surface area contributed by atoms with Gasteiger partial charge in [-0.25, -0.2) is 0 Å². The van der Waals surface area contributed by atoms with Crippen molar-refractivity contribution in [3.05, 3.63) is 106 Å². The van der Waals surface area contributed by atoms with Gasteiger partial charge in [0.15, 0.2) is 0 Å². The second-order valence-corrected chi connectivity index (χ2v) is 8.60. The summed E-state index contributed by atoms with van der Waals surface area (Å²) >= 11 is 6.06. The molecule has 1 N–H and O–H groups in total. The van der Waals surface area contributed by atoms with E-state index < -0.39 is 5.41 Å². The molecule has 6 rings (SSSR count). The highest BCUT2D eigenvalue weighted by Gasteiger charge is 2.57. The van der Waals surface area contributed by atoms with E-state index in [0.717, 1.165) is 16.7 Å². The Labute approximate surface area is 181 Å². The molecule has 0 heterocycles. The van der Waals surface area contributed by atoms with Gasteiger partial charge in [-0.15, -0.1) is 0 Å². The molecule has 1 unspecified atom stereocenters. The van der Waals surface area contributed by atoms with E-state index in [-0.39, 0.29) is 17.7 Å². The fraction of sp³-hybridized carbons (Fsp3) is 0.231. The third-order valence-electron chi connectivity index (χ3n) is 6.58. The maximum Gasteiger partial charge on any atom is 0.241 e. The molecule has 3 nitrogen and oxygen atoms in total. The lowest BCUT2D eigenvalue weighted by atomic mass is 9.52. The summed E-state index contributed by atoms with van der Waals surface area (Å²) < 4.78 is 0. The van der Waals surface area contributed by atoms with E-state index in [9.17, 15) is 10.1 Å². The SMILES string of the molecule is N#CC1(C(=O)NCCc2cccc(Cl)c2)CC2c3ccccc3C1c1ccccc12. The second-order valence-electron chi connectivity index (χ2n) is 8.17. The van der Waals surface area contributed by atoms with Crippen LogP contribution in [0, 0.1) is 16.7 Å². The Morgan fingerprint density at radius 2 is 1.63 bits per heavy atom. The predicted octanol–water partition coefficient (Wildman–Crippen LogP) is 5.19. The highest BCUT2D eigenvalue weighted by atomic mass is 35.5. The molecule has 0 fully saturated rings. The summed E-state index contributed by atoms with van der Waals surface area (Å²) in [5, 5.41) is 14.0. The molecule has 30 heavy (non-hydrogen) atoms. The Kier molecular flexibility index (Phi) is 4.60. The van der Waals surface area contributed by atoms with Crippen molar-refractivity contribution in [1.82, 2.24) is 5.32 Å². The fourth-order valence-corrected chi connectivity index (χ4v) is 5.48. The lowest BCUT2D eigenvalue weighted by Crippen LogP contribution is -2.50. The summed E-state index contributed by atoms with van der Waals surface area (Å²) in [5.41, 5.74) is 4.69. The van der Waals surface area contributed by atoms with Gasteiger partial charge in [0.1, 0.15) is 5.41 Å². The van der Waals surface area contributed by atoms with Gasteiger partial charge in [-0.1, -0.05) is 72.3 Å². The molecule has 0 aromatic heterocycles. The number of amides is 1. The lowest BCUT2D eigenvalue weighted by Gasteiger charge is -2.48. The zero-order valence-corrected chi connectivity index (χ0v) is 17.2. The quantitative estimate of drug-likeness (QED) is 0.641. The summed E-state index contributed by atoms with van der Waals surface area (Å²) in [6, 6.07) is 26.6. The Morgan fingerprint density at radius 3 is 2.23 bits per heavy atom. The van der Waals surface area contributed by atoms with Crippen molar-refractivity contribution in [3.8, 4) is 6.07 Å². The molecule has 3 aliphatic carbocycles. The van der Waals surface area contributed by atoms with E-state index in [4.69, 9.17) is 11.6 Å². The predicted molar refractivity (Wildman–Crippen MR) is 117 cm³/mol. The first kappa shape index (κ1) is 18.9. The molecule has 1 atom stereocenters. The van der Waals surface area contributed by atoms with Crippen LogP contribution < -0.4 is 5.32 Å². The number of hydrogen-bond donors (Lipinski definition) is 1. The van der Waals surface area contributed by atoms with Crippen LogP contribution in [-0.4, -0.2) is 12.5 Å². The topological polar surface area (TPSA) is 52.9 Å². The van der Waals surface area contributed by atoms with Crippen molar-refractivity contribution >= 4 is 17.5 Å². The van der Waals surface area contributed by atoms with Gasteiger partial charge in [0.2, 0.25) is 5.91 Å². The van der Waals surface area contributed by atoms with E-state index in [1.807, 2.05) is 48.5 Å². The van der Waals surface area contributed by atoms with Gasteiger partial charge in [-0.3, -0.25) is 4.79 Å². The molecule has 0 aliphatic heterocycles. The first-order chi connectivity index (χ1) is 14.6. The summed E-state index contributed by atoms with van der Waals surface area (Å²) in [5.74, 6) is -0.349. The van der Waals surface area contributed by atoms with Crippen LogP contribution >= 0.6 is 11.6 Å². The minimum absolute atomic E-state index is 0.0701. The first-order valence-electron chi connectivity index (χ1n) is 10.3. The van der Waals surface area contributed by atoms with Crippen LogP contribution in [0.5, 0.6) is 0 Å². The number of halogens is 1. The van der Waals surface area contributed by atoms with E-state index in [1.54, 1.807) is 0 Å². The highest BCUT2D eigenvalue weighted by molar-refractivity contribution is 6.30. The number of nitriles is 1. The second kappa shape index (κ2) is 7.31. The van der Waals surface area contributed by atoms with Crippen LogP contribution in [0.25, 0.3) is 0 Å². The monoisotopic (exact) mass is 412 g/mol. The standard InChI is InChI=1S/C26H21ClN2O/c27-18-7-5-6-17(14-18)12-13-29-25(30)26(16-28)15-23-19-8-1-3-10-21(19)24(26)22-11-4-2-9-20(22)23/h1-11,14,23-24H,12-13,15H2,(H,29,30). The molecule has 2 bridgehead atoms. The third kappa shape index (κ3) is 2.83. The van der Waals surface area contributed by atoms with Crippen LogP contribution in [0.2, 0.25) is 5.02 Å². The molecule has 1 amide bonds. The molecular formula is C26H21ClN2O. The zero-order valence-electron chi connectivity index (χ0n) is 16.4. The van der Waals surface area contributed by atoms with Crippen molar-refractivity contribution in [3.63, 3.8) is 0 Å². The van der Waals surface area contributed by atoms with Crippen LogP contribution in [0.3, 0.4) is 0 Å². The van der Waals surface area contributed by atoms with E-state index in [2.05, 4.69) is 35.7 Å². The van der Waals surface area contributed by atoms with Crippen molar-refractivity contribution in [2.75, 3.05) is 6.54 Å². The smallest absolute Gasteiger partial charge is 0.241 e. The molecule has 0 saturated heterocycles. The normalized spacial score (nSPS) is 23.2. The molecule has 3 aliphatic rings. The minimum atomic E-state index is -1.10. The molecule has 0 spiro atoms. The molecular weight excluding hydrogens is 392 g/mol. The number of carbonyl (C=O) groups is 1. The van der Waals surface area contributed by atoms with Crippen LogP contribution in [0.1, 0.15) is 46.1 Å². The fourth-order valence-electron chi connectivity index (χ4n) is 5.26. The van der Waals surface area contributed by atoms with Crippen molar-refractivity contribution in [2.24, 2.45) is 5.41 Å². The average Bonchev–Trinajstić information content (AvgIpc) is 2.79. The zero-order chi connectivity index (χ0) is 20.7. The van der Waals surface area contributed by atoms with Crippen molar-refractivity contribution < 1.29 is 4.79 Å². The molecule has 3 aromatic rings. The number of nitrogens with one attached hydrogen (secondary N) is 1. The van der Waals surface area contributed by atoms with Crippen LogP contribution in [-0.2, 0) is 11.2 Å². The molecule has 4 heteroatoms. The minimum Gasteiger partial charge on any atom is -0.354 e. The summed E-state index contributed by atoms with van der Waals surface area (Å²) in [4.78, 5) is 13.5. The molecule has 148 valence electrons. The number of rotatable bonds is 4. The van der Waals surface area contributed by atoms with E-state index >= 15 is 0 Å². The largest absolute Gasteiger partial charge is 0.354 e. The summed E-state index contributed by atoms with van der Waals surface area (Å²) in [7, 11) is 0. The van der Waals surface area contributed by atoms with Crippen molar-refractivity contribution in [1.29, 1.82) is 5.26 Å². The summed E-state index contributed by atoms with van der Waals surface area (Å²) in [6.07, 6.45) is 1.19. The van der Waals surface area contributed by atoms with Gasteiger partial charge >= 0.3 is 0 Å². The van der Waals surface area contributed by atoms with E-state index in [0.29, 0.717) is 24.4 Å². The first-order valence-corrected chi connectivity index (χ1v) is 10.6. The maximum absolute atomic E-state index is 13.5. The number of hydrogen-bond acceptors (Lipinski definition) is 2. The maximum atomic E-state index is 13.5. The summed E-state index contributed by atoms with van der Waals surface area (Å²) in [6.45, 7) is 0.475. The number of benzene rings is 3.